The molecule has 0 aliphatic carbocycles. The Morgan fingerprint density at radius 2 is 1.97 bits per heavy atom. The van der Waals surface area contributed by atoms with E-state index in [-0.39, 0.29) is 18.3 Å². The van der Waals surface area contributed by atoms with E-state index in [1.54, 1.807) is 13.2 Å². The third-order valence-corrected chi connectivity index (χ3v) is 6.86. The number of benzene rings is 2. The Kier molecular flexibility index (Phi) is 9.34. The van der Waals surface area contributed by atoms with Crippen LogP contribution in [0, 0.1) is 0 Å². The lowest BCUT2D eigenvalue weighted by atomic mass is 10.1. The summed E-state index contributed by atoms with van der Waals surface area (Å²) in [5.41, 5.74) is 1.97. The maximum Gasteiger partial charge on any atom is 0.305 e. The van der Waals surface area contributed by atoms with Crippen LogP contribution < -0.4 is 9.47 Å². The summed E-state index contributed by atoms with van der Waals surface area (Å²) < 4.78 is 17.4. The van der Waals surface area contributed by atoms with Crippen LogP contribution in [0.15, 0.2) is 51.8 Å². The van der Waals surface area contributed by atoms with E-state index < -0.39 is 0 Å². The van der Waals surface area contributed by atoms with Gasteiger partial charge in [-0.3, -0.25) is 14.5 Å². The monoisotopic (exact) mass is 549 g/mol. The van der Waals surface area contributed by atoms with Crippen LogP contribution >= 0.6 is 39.9 Å². The minimum atomic E-state index is -0.306. The van der Waals surface area contributed by atoms with Crippen molar-refractivity contribution in [3.8, 4) is 11.5 Å². The molecule has 1 saturated heterocycles. The zero-order valence-corrected chi connectivity index (χ0v) is 21.6. The molecule has 9 heteroatoms. The number of thiocarbonyl (C=S) groups is 1. The molecule has 1 amide bonds. The number of rotatable bonds is 10. The fraction of sp³-hybridized carbons (Fsp3) is 0.292. The highest BCUT2D eigenvalue weighted by molar-refractivity contribution is 9.10. The number of hydrogen-bond donors (Lipinski definition) is 0. The lowest BCUT2D eigenvalue weighted by molar-refractivity contribution is -0.141. The first-order chi connectivity index (χ1) is 15.9. The van der Waals surface area contributed by atoms with Crippen molar-refractivity contribution >= 4 is 62.2 Å². The van der Waals surface area contributed by atoms with Crippen molar-refractivity contribution in [2.24, 2.45) is 0 Å². The molecule has 2 aromatic carbocycles. The average Bonchev–Trinajstić information content (AvgIpc) is 3.07. The van der Waals surface area contributed by atoms with Crippen LogP contribution in [0.2, 0.25) is 0 Å². The van der Waals surface area contributed by atoms with Gasteiger partial charge in [0.05, 0.1) is 30.2 Å². The molecule has 1 aliphatic rings. The number of hydrogen-bond acceptors (Lipinski definition) is 7. The zero-order valence-electron chi connectivity index (χ0n) is 18.3. The number of ether oxygens (including phenoxy) is 3. The molecule has 0 N–H and O–H groups in total. The van der Waals surface area contributed by atoms with Crippen LogP contribution in [0.3, 0.4) is 0 Å². The van der Waals surface area contributed by atoms with Gasteiger partial charge in [-0.1, -0.05) is 54.3 Å². The molecule has 0 spiro atoms. The SMILES string of the molecule is COC(=O)CCCN1C(=O)/C(=C/c2cc(Br)c(OCCc3ccccc3)c(OC)c2)SC1=S. The summed E-state index contributed by atoms with van der Waals surface area (Å²) in [7, 11) is 2.92. The summed E-state index contributed by atoms with van der Waals surface area (Å²) in [4.78, 5) is 26.2. The van der Waals surface area contributed by atoms with Crippen LogP contribution in [-0.2, 0) is 20.7 Å². The van der Waals surface area contributed by atoms with Crippen LogP contribution in [0.1, 0.15) is 24.0 Å². The predicted molar refractivity (Wildman–Crippen MR) is 137 cm³/mol. The molecule has 6 nitrogen and oxygen atoms in total. The van der Waals surface area contributed by atoms with E-state index in [2.05, 4.69) is 32.8 Å². The van der Waals surface area contributed by atoms with Gasteiger partial charge in [-0.05, 0) is 51.7 Å². The molecular weight excluding hydrogens is 526 g/mol. The quantitative estimate of drug-likeness (QED) is 0.228. The Bertz CT molecular complexity index is 1060. The van der Waals surface area contributed by atoms with E-state index in [1.807, 2.05) is 30.3 Å². The molecule has 2 aromatic rings. The Morgan fingerprint density at radius 3 is 2.67 bits per heavy atom. The number of amides is 1. The van der Waals surface area contributed by atoms with Gasteiger partial charge in [-0.2, -0.15) is 0 Å². The molecule has 33 heavy (non-hydrogen) atoms. The van der Waals surface area contributed by atoms with E-state index in [9.17, 15) is 9.59 Å². The molecule has 1 heterocycles. The summed E-state index contributed by atoms with van der Waals surface area (Å²) in [6.45, 7) is 0.876. The Balaban J connectivity index is 1.69. The van der Waals surface area contributed by atoms with Gasteiger partial charge in [-0.15, -0.1) is 0 Å². The summed E-state index contributed by atoms with van der Waals surface area (Å²) in [5.74, 6) is 0.699. The second kappa shape index (κ2) is 12.2. The van der Waals surface area contributed by atoms with Gasteiger partial charge in [0.25, 0.3) is 5.91 Å². The van der Waals surface area contributed by atoms with Gasteiger partial charge in [0.1, 0.15) is 4.32 Å². The van der Waals surface area contributed by atoms with Gasteiger partial charge in [-0.25, -0.2) is 0 Å². The maximum atomic E-state index is 12.8. The largest absolute Gasteiger partial charge is 0.493 e. The molecule has 1 fully saturated rings. The highest BCUT2D eigenvalue weighted by Gasteiger charge is 2.31. The molecular formula is C24H24BrNO5S2. The van der Waals surface area contributed by atoms with E-state index in [0.29, 0.717) is 40.3 Å². The zero-order chi connectivity index (χ0) is 23.8. The van der Waals surface area contributed by atoms with Crippen LogP contribution in [0.5, 0.6) is 11.5 Å². The molecule has 1 aliphatic heterocycles. The topological polar surface area (TPSA) is 65.1 Å². The van der Waals surface area contributed by atoms with Crippen molar-refractivity contribution in [2.45, 2.75) is 19.3 Å². The van der Waals surface area contributed by atoms with Crippen LogP contribution in [0.25, 0.3) is 6.08 Å². The van der Waals surface area contributed by atoms with E-state index in [4.69, 9.17) is 21.7 Å². The number of esters is 1. The fourth-order valence-corrected chi connectivity index (χ4v) is 5.09. The summed E-state index contributed by atoms with van der Waals surface area (Å²) in [6, 6.07) is 13.8. The number of nitrogens with zero attached hydrogens (tertiary/aromatic N) is 1. The first-order valence-electron chi connectivity index (χ1n) is 10.3. The molecule has 0 atom stereocenters. The summed E-state index contributed by atoms with van der Waals surface area (Å²) >= 11 is 10.2. The Morgan fingerprint density at radius 1 is 1.21 bits per heavy atom. The summed E-state index contributed by atoms with van der Waals surface area (Å²) in [5, 5.41) is 0. The predicted octanol–water partition coefficient (Wildman–Crippen LogP) is 5.23. The molecule has 0 radical (unpaired) electrons. The minimum Gasteiger partial charge on any atom is -0.493 e. The maximum absolute atomic E-state index is 12.8. The minimum absolute atomic E-state index is 0.173. The van der Waals surface area contributed by atoms with Crippen molar-refractivity contribution in [2.75, 3.05) is 27.4 Å². The van der Waals surface area contributed by atoms with Crippen LogP contribution in [-0.4, -0.2) is 48.5 Å². The average molecular weight is 550 g/mol. The highest BCUT2D eigenvalue weighted by atomic mass is 79.9. The summed E-state index contributed by atoms with van der Waals surface area (Å²) in [6.07, 6.45) is 3.28. The Hall–Kier alpha value is -2.36. The number of carbonyl (C=O) groups is 2. The smallest absolute Gasteiger partial charge is 0.305 e. The van der Waals surface area contributed by atoms with Crippen molar-refractivity contribution in [3.05, 3.63) is 63.0 Å². The fourth-order valence-electron chi connectivity index (χ4n) is 3.21. The molecule has 3 rings (SSSR count). The lowest BCUT2D eigenvalue weighted by Gasteiger charge is -2.14. The van der Waals surface area contributed by atoms with Crippen molar-refractivity contribution in [1.29, 1.82) is 0 Å². The van der Waals surface area contributed by atoms with Gasteiger partial charge in [0.2, 0.25) is 0 Å². The van der Waals surface area contributed by atoms with E-state index in [1.165, 1.54) is 29.3 Å². The molecule has 0 aromatic heterocycles. The molecule has 0 unspecified atom stereocenters. The molecule has 0 saturated carbocycles. The van der Waals surface area contributed by atoms with Crippen molar-refractivity contribution in [3.63, 3.8) is 0 Å². The van der Waals surface area contributed by atoms with Gasteiger partial charge < -0.3 is 14.2 Å². The van der Waals surface area contributed by atoms with Crippen molar-refractivity contribution < 1.29 is 23.8 Å². The number of carbonyl (C=O) groups excluding carboxylic acids is 2. The van der Waals surface area contributed by atoms with Gasteiger partial charge >= 0.3 is 5.97 Å². The Labute approximate surface area is 211 Å². The van der Waals surface area contributed by atoms with Gasteiger partial charge in [0.15, 0.2) is 11.5 Å². The van der Waals surface area contributed by atoms with Crippen molar-refractivity contribution in [1.82, 2.24) is 4.90 Å². The number of thioether (sulfide) groups is 1. The second-order valence-corrected chi connectivity index (χ2v) is 9.66. The highest BCUT2D eigenvalue weighted by Crippen LogP contribution is 2.39. The van der Waals surface area contributed by atoms with E-state index >= 15 is 0 Å². The number of halogens is 1. The third-order valence-electron chi connectivity index (χ3n) is 4.89. The first kappa shape index (κ1) is 25.3. The third kappa shape index (κ3) is 6.82. The molecule has 174 valence electrons. The second-order valence-electron chi connectivity index (χ2n) is 7.13. The molecule has 0 bridgehead atoms. The van der Waals surface area contributed by atoms with Gasteiger partial charge in [0, 0.05) is 19.4 Å². The number of methoxy groups -OCH3 is 2. The lowest BCUT2D eigenvalue weighted by Crippen LogP contribution is -2.29. The van der Waals surface area contributed by atoms with E-state index in [0.717, 1.165) is 16.5 Å². The standard InChI is InChI=1S/C24H24BrNO5S2/c1-29-19-14-17(13-18(25)22(19)31-12-10-16-7-4-3-5-8-16)15-20-23(28)26(24(32)33-20)11-6-9-21(27)30-2/h3-5,7-8,13-15H,6,9-12H2,1-2H3/b20-15-. The first-order valence-corrected chi connectivity index (χ1v) is 12.3. The normalized spacial score (nSPS) is 14.6. The van der Waals surface area contributed by atoms with Crippen LogP contribution in [0.4, 0.5) is 0 Å².